The summed E-state index contributed by atoms with van der Waals surface area (Å²) in [5.74, 6) is -0.145. The van der Waals surface area contributed by atoms with Gasteiger partial charge in [0.1, 0.15) is 0 Å². The number of hydrogen-bond acceptors (Lipinski definition) is 3. The Morgan fingerprint density at radius 3 is 2.42 bits per heavy atom. The van der Waals surface area contributed by atoms with Crippen LogP contribution in [0.5, 0.6) is 0 Å². The molecule has 0 radical (unpaired) electrons. The average Bonchev–Trinajstić information content (AvgIpc) is 2.46. The molecule has 0 atom stereocenters. The molecule has 1 heterocycles. The normalized spacial score (nSPS) is 16.1. The molecule has 102 valence electrons. The van der Waals surface area contributed by atoms with Crippen molar-refractivity contribution in [2.24, 2.45) is 5.73 Å². The van der Waals surface area contributed by atoms with Crippen molar-refractivity contribution >= 4 is 12.0 Å². The maximum Gasteiger partial charge on any atom is 0.410 e. The van der Waals surface area contributed by atoms with Gasteiger partial charge in [-0.05, 0) is 24.3 Å². The minimum Gasteiger partial charge on any atom is -0.439 e. The Morgan fingerprint density at radius 1 is 1.21 bits per heavy atom. The van der Waals surface area contributed by atoms with Gasteiger partial charge in [-0.2, -0.15) is 0 Å². The number of ether oxygens (including phenoxy) is 1. The quantitative estimate of drug-likeness (QED) is 0.897. The fraction of sp³-hybridized carbons (Fsp3) is 0.429. The van der Waals surface area contributed by atoms with E-state index >= 15 is 0 Å². The highest BCUT2D eigenvalue weighted by Gasteiger charge is 2.24. The first-order chi connectivity index (χ1) is 9.16. The van der Waals surface area contributed by atoms with Crippen LogP contribution >= 0.6 is 0 Å². The van der Waals surface area contributed by atoms with Crippen molar-refractivity contribution in [3.8, 4) is 0 Å². The van der Waals surface area contributed by atoms with E-state index in [9.17, 15) is 9.59 Å². The van der Waals surface area contributed by atoms with Crippen molar-refractivity contribution in [3.63, 3.8) is 0 Å². The van der Waals surface area contributed by atoms with Crippen LogP contribution in [-0.2, 0) is 9.53 Å². The number of likely N-dealkylation sites (tertiary alicyclic amines) is 1. The maximum atomic E-state index is 11.6. The summed E-state index contributed by atoms with van der Waals surface area (Å²) in [4.78, 5) is 23.8. The number of primary amides is 1. The smallest absolute Gasteiger partial charge is 0.410 e. The number of hydrogen-bond donors (Lipinski definition) is 1. The van der Waals surface area contributed by atoms with Gasteiger partial charge in [0.05, 0.1) is 0 Å². The van der Waals surface area contributed by atoms with E-state index in [0.717, 1.165) is 12.8 Å². The first-order valence-electron chi connectivity index (χ1n) is 6.42. The van der Waals surface area contributed by atoms with Crippen LogP contribution in [0.4, 0.5) is 4.79 Å². The van der Waals surface area contributed by atoms with E-state index in [1.54, 1.807) is 4.90 Å². The van der Waals surface area contributed by atoms with Crippen LogP contribution in [0, 0.1) is 0 Å². The Labute approximate surface area is 112 Å². The molecule has 2 rings (SSSR count). The van der Waals surface area contributed by atoms with Crippen molar-refractivity contribution < 1.29 is 14.3 Å². The molecule has 5 heteroatoms. The lowest BCUT2D eigenvalue weighted by Gasteiger charge is -2.31. The Bertz CT molecular complexity index is 439. The summed E-state index contributed by atoms with van der Waals surface area (Å²) < 4.78 is 4.80. The summed E-state index contributed by atoms with van der Waals surface area (Å²) in [7, 11) is 0. The molecule has 1 aliphatic rings. The zero-order chi connectivity index (χ0) is 13.7. The monoisotopic (exact) mass is 262 g/mol. The Balaban J connectivity index is 1.82. The molecule has 0 saturated carbocycles. The standard InChI is InChI=1S/C14H18N2O3/c15-13(17)10-19-14(18)16-8-6-12(7-9-16)11-4-2-1-3-5-11/h1-5,12H,6-10H2,(H2,15,17). The van der Waals surface area contributed by atoms with Gasteiger partial charge in [-0.3, -0.25) is 4.79 Å². The van der Waals surface area contributed by atoms with Crippen molar-refractivity contribution in [3.05, 3.63) is 35.9 Å². The molecule has 1 aromatic rings. The van der Waals surface area contributed by atoms with E-state index in [2.05, 4.69) is 12.1 Å². The first-order valence-corrected chi connectivity index (χ1v) is 6.42. The number of benzene rings is 1. The van der Waals surface area contributed by atoms with Gasteiger partial charge in [0.15, 0.2) is 6.61 Å². The molecule has 1 aliphatic heterocycles. The number of piperidine rings is 1. The molecule has 0 aliphatic carbocycles. The number of amides is 2. The Morgan fingerprint density at radius 2 is 1.84 bits per heavy atom. The molecule has 0 bridgehead atoms. The maximum absolute atomic E-state index is 11.6. The summed E-state index contributed by atoms with van der Waals surface area (Å²) >= 11 is 0. The Kier molecular flexibility index (Phi) is 4.39. The summed E-state index contributed by atoms with van der Waals surface area (Å²) in [5.41, 5.74) is 6.25. The molecule has 19 heavy (non-hydrogen) atoms. The van der Waals surface area contributed by atoms with Crippen molar-refractivity contribution in [1.82, 2.24) is 4.90 Å². The molecule has 1 fully saturated rings. The highest BCUT2D eigenvalue weighted by Crippen LogP contribution is 2.27. The largest absolute Gasteiger partial charge is 0.439 e. The van der Waals surface area contributed by atoms with Gasteiger partial charge in [-0.25, -0.2) is 4.79 Å². The Hall–Kier alpha value is -2.04. The lowest BCUT2D eigenvalue weighted by Crippen LogP contribution is -2.39. The van der Waals surface area contributed by atoms with E-state index in [4.69, 9.17) is 10.5 Å². The van der Waals surface area contributed by atoms with E-state index < -0.39 is 12.0 Å². The van der Waals surface area contributed by atoms with E-state index in [-0.39, 0.29) is 6.61 Å². The van der Waals surface area contributed by atoms with Gasteiger partial charge >= 0.3 is 6.09 Å². The number of carbonyl (C=O) groups excluding carboxylic acids is 2. The van der Waals surface area contributed by atoms with Crippen molar-refractivity contribution in [2.75, 3.05) is 19.7 Å². The molecule has 0 aromatic heterocycles. The molecule has 2 amide bonds. The van der Waals surface area contributed by atoms with E-state index in [1.807, 2.05) is 18.2 Å². The summed E-state index contributed by atoms with van der Waals surface area (Å²) in [5, 5.41) is 0. The minimum absolute atomic E-state index is 0.350. The second-order valence-electron chi connectivity index (χ2n) is 4.69. The lowest BCUT2D eigenvalue weighted by atomic mass is 9.90. The highest BCUT2D eigenvalue weighted by molar-refractivity contribution is 5.78. The summed E-state index contributed by atoms with van der Waals surface area (Å²) in [6, 6.07) is 10.3. The number of nitrogens with two attached hydrogens (primary N) is 1. The van der Waals surface area contributed by atoms with Crippen LogP contribution in [0.15, 0.2) is 30.3 Å². The fourth-order valence-electron chi connectivity index (χ4n) is 2.34. The summed E-state index contributed by atoms with van der Waals surface area (Å²) in [6.45, 7) is 0.950. The highest BCUT2D eigenvalue weighted by atomic mass is 16.6. The van der Waals surface area contributed by atoms with Crippen LogP contribution < -0.4 is 5.73 Å². The topological polar surface area (TPSA) is 72.6 Å². The molecule has 0 unspecified atom stereocenters. The van der Waals surface area contributed by atoms with Gasteiger partial charge in [-0.15, -0.1) is 0 Å². The van der Waals surface area contributed by atoms with E-state index in [0.29, 0.717) is 19.0 Å². The average molecular weight is 262 g/mol. The van der Waals surface area contributed by atoms with Crippen LogP contribution in [0.1, 0.15) is 24.3 Å². The number of rotatable bonds is 3. The van der Waals surface area contributed by atoms with Gasteiger partial charge < -0.3 is 15.4 Å². The van der Waals surface area contributed by atoms with Crippen LogP contribution in [0.3, 0.4) is 0 Å². The number of nitrogens with zero attached hydrogens (tertiary/aromatic N) is 1. The second-order valence-corrected chi connectivity index (χ2v) is 4.69. The van der Waals surface area contributed by atoms with Crippen molar-refractivity contribution in [1.29, 1.82) is 0 Å². The third-order valence-corrected chi connectivity index (χ3v) is 3.36. The molecule has 0 spiro atoms. The van der Waals surface area contributed by atoms with Gasteiger partial charge in [0.25, 0.3) is 5.91 Å². The first kappa shape index (κ1) is 13.4. The van der Waals surface area contributed by atoms with E-state index in [1.165, 1.54) is 5.56 Å². The zero-order valence-corrected chi connectivity index (χ0v) is 10.7. The number of carbonyl (C=O) groups is 2. The molecule has 2 N–H and O–H groups in total. The van der Waals surface area contributed by atoms with Gasteiger partial charge in [0.2, 0.25) is 0 Å². The summed E-state index contributed by atoms with van der Waals surface area (Å²) in [6.07, 6.45) is 1.37. The third-order valence-electron chi connectivity index (χ3n) is 3.36. The van der Waals surface area contributed by atoms with Crippen LogP contribution in [0.25, 0.3) is 0 Å². The zero-order valence-electron chi connectivity index (χ0n) is 10.7. The predicted octanol–water partition coefficient (Wildman–Crippen LogP) is 1.49. The molecular weight excluding hydrogens is 244 g/mol. The van der Waals surface area contributed by atoms with Crippen LogP contribution in [-0.4, -0.2) is 36.6 Å². The molecular formula is C14H18N2O3. The predicted molar refractivity (Wildman–Crippen MR) is 70.5 cm³/mol. The molecule has 1 aromatic carbocycles. The third kappa shape index (κ3) is 3.71. The minimum atomic E-state index is -0.632. The fourth-order valence-corrected chi connectivity index (χ4v) is 2.34. The lowest BCUT2D eigenvalue weighted by molar-refractivity contribution is -0.121. The molecule has 1 saturated heterocycles. The van der Waals surface area contributed by atoms with Crippen molar-refractivity contribution in [2.45, 2.75) is 18.8 Å². The SMILES string of the molecule is NC(=O)COC(=O)N1CCC(c2ccccc2)CC1. The van der Waals surface area contributed by atoms with Gasteiger partial charge in [0, 0.05) is 13.1 Å². The van der Waals surface area contributed by atoms with Gasteiger partial charge in [-0.1, -0.05) is 30.3 Å². The molecule has 5 nitrogen and oxygen atoms in total. The van der Waals surface area contributed by atoms with Crippen LogP contribution in [0.2, 0.25) is 0 Å². The second kappa shape index (κ2) is 6.22.